The van der Waals surface area contributed by atoms with E-state index in [1.54, 1.807) is 12.1 Å². The van der Waals surface area contributed by atoms with E-state index in [2.05, 4.69) is 0 Å². The monoisotopic (exact) mass is 316 g/mol. The number of aryl methyl sites for hydroxylation is 1. The van der Waals surface area contributed by atoms with Crippen LogP contribution in [0, 0.1) is 6.92 Å². The standard InChI is InChI=1S/C18H17FO4/c1-11-4-6-12(7-5-11)8-14(19)18(21)17-15(20)9-13(22-2)10-16(17)23-3/h4-10,20H,1-3H3/b14-8-. The number of ether oxygens (including phenoxy) is 2. The van der Waals surface area contributed by atoms with Crippen LogP contribution in [0.25, 0.3) is 6.08 Å². The number of methoxy groups -OCH3 is 2. The molecule has 0 unspecified atom stereocenters. The Morgan fingerprint density at radius 2 is 1.78 bits per heavy atom. The third kappa shape index (κ3) is 3.69. The molecule has 2 aromatic carbocycles. The highest BCUT2D eigenvalue weighted by Gasteiger charge is 2.22. The second-order valence-corrected chi connectivity index (χ2v) is 4.96. The van der Waals surface area contributed by atoms with Crippen molar-refractivity contribution in [2.45, 2.75) is 6.92 Å². The molecule has 0 aliphatic heterocycles. The molecule has 0 aliphatic rings. The quantitative estimate of drug-likeness (QED) is 0.671. The molecule has 0 spiro atoms. The van der Waals surface area contributed by atoms with Gasteiger partial charge in [-0.15, -0.1) is 0 Å². The lowest BCUT2D eigenvalue weighted by molar-refractivity contribution is 0.100. The number of hydrogen-bond acceptors (Lipinski definition) is 4. The molecular formula is C18H17FO4. The maximum atomic E-state index is 14.3. The third-order valence-electron chi connectivity index (χ3n) is 3.33. The number of phenolic OH excluding ortho intramolecular Hbond substituents is 1. The summed E-state index contributed by atoms with van der Waals surface area (Å²) in [4.78, 5) is 12.3. The number of ketones is 1. The number of aromatic hydroxyl groups is 1. The fourth-order valence-corrected chi connectivity index (χ4v) is 2.08. The van der Waals surface area contributed by atoms with Crippen molar-refractivity contribution in [1.82, 2.24) is 0 Å². The molecule has 0 bridgehead atoms. The molecule has 0 saturated carbocycles. The first-order chi connectivity index (χ1) is 11.0. The van der Waals surface area contributed by atoms with Gasteiger partial charge in [0.1, 0.15) is 22.8 Å². The van der Waals surface area contributed by atoms with E-state index in [0.717, 1.165) is 11.6 Å². The molecule has 0 fully saturated rings. The predicted octanol–water partition coefficient (Wildman–Crippen LogP) is 3.91. The van der Waals surface area contributed by atoms with Crippen LogP contribution in [-0.2, 0) is 0 Å². The SMILES string of the molecule is COc1cc(O)c(C(=O)/C(F)=C/c2ccc(C)cc2)c(OC)c1. The molecule has 0 heterocycles. The Hall–Kier alpha value is -2.82. The molecule has 5 heteroatoms. The zero-order chi connectivity index (χ0) is 17.0. The highest BCUT2D eigenvalue weighted by atomic mass is 19.1. The van der Waals surface area contributed by atoms with Crippen LogP contribution in [0.1, 0.15) is 21.5 Å². The summed E-state index contributed by atoms with van der Waals surface area (Å²) in [7, 11) is 2.74. The lowest BCUT2D eigenvalue weighted by Gasteiger charge is -2.11. The molecule has 0 atom stereocenters. The molecule has 0 aromatic heterocycles. The largest absolute Gasteiger partial charge is 0.507 e. The Morgan fingerprint density at radius 3 is 2.35 bits per heavy atom. The van der Waals surface area contributed by atoms with Crippen LogP contribution < -0.4 is 9.47 Å². The van der Waals surface area contributed by atoms with Crippen LogP contribution >= 0.6 is 0 Å². The third-order valence-corrected chi connectivity index (χ3v) is 3.33. The molecule has 23 heavy (non-hydrogen) atoms. The highest BCUT2D eigenvalue weighted by Crippen LogP contribution is 2.35. The number of carbonyl (C=O) groups excluding carboxylic acids is 1. The molecule has 0 aliphatic carbocycles. The van der Waals surface area contributed by atoms with Crippen LogP contribution in [0.2, 0.25) is 0 Å². The van der Waals surface area contributed by atoms with Crippen molar-refractivity contribution in [1.29, 1.82) is 0 Å². The summed E-state index contributed by atoms with van der Waals surface area (Å²) >= 11 is 0. The van der Waals surface area contributed by atoms with Crippen LogP contribution in [0.5, 0.6) is 17.2 Å². The van der Waals surface area contributed by atoms with Crippen LogP contribution in [0.4, 0.5) is 4.39 Å². The van der Waals surface area contributed by atoms with Crippen LogP contribution in [0.15, 0.2) is 42.2 Å². The Balaban J connectivity index is 2.41. The summed E-state index contributed by atoms with van der Waals surface area (Å²) in [5, 5.41) is 9.98. The molecule has 0 saturated heterocycles. The van der Waals surface area contributed by atoms with Crippen LogP contribution in [0.3, 0.4) is 0 Å². The van der Waals surface area contributed by atoms with E-state index in [0.29, 0.717) is 11.3 Å². The lowest BCUT2D eigenvalue weighted by atomic mass is 10.0. The number of Topliss-reactive ketones (excluding diaryl/α,β-unsaturated/α-hetero) is 1. The molecule has 0 amide bonds. The van der Waals surface area contributed by atoms with E-state index < -0.39 is 17.4 Å². The van der Waals surface area contributed by atoms with Gasteiger partial charge in [0.25, 0.3) is 0 Å². The summed E-state index contributed by atoms with van der Waals surface area (Å²) in [6.45, 7) is 1.91. The fourth-order valence-electron chi connectivity index (χ4n) is 2.08. The number of hydrogen-bond donors (Lipinski definition) is 1. The molecule has 0 radical (unpaired) electrons. The summed E-state index contributed by atoms with van der Waals surface area (Å²) in [5.74, 6) is -2.01. The molecule has 120 valence electrons. The van der Waals surface area contributed by atoms with Gasteiger partial charge in [0.05, 0.1) is 14.2 Å². The summed E-state index contributed by atoms with van der Waals surface area (Å²) < 4.78 is 24.3. The normalized spacial score (nSPS) is 11.2. The van der Waals surface area contributed by atoms with Gasteiger partial charge in [-0.25, -0.2) is 4.39 Å². The molecule has 1 N–H and O–H groups in total. The van der Waals surface area contributed by atoms with Crippen LogP contribution in [-0.4, -0.2) is 25.1 Å². The lowest BCUT2D eigenvalue weighted by Crippen LogP contribution is -2.04. The van der Waals surface area contributed by atoms with Crippen molar-refractivity contribution in [2.24, 2.45) is 0 Å². The minimum Gasteiger partial charge on any atom is -0.507 e. The summed E-state index contributed by atoms with van der Waals surface area (Å²) in [6.07, 6.45) is 1.12. The molecular weight excluding hydrogens is 299 g/mol. The first-order valence-corrected chi connectivity index (χ1v) is 6.89. The first kappa shape index (κ1) is 16.5. The van der Waals surface area contributed by atoms with Crippen molar-refractivity contribution in [2.75, 3.05) is 14.2 Å². The Labute approximate surface area is 133 Å². The number of halogens is 1. The van der Waals surface area contributed by atoms with E-state index in [1.807, 2.05) is 19.1 Å². The summed E-state index contributed by atoms with van der Waals surface area (Å²) in [6, 6.07) is 9.67. The average molecular weight is 316 g/mol. The summed E-state index contributed by atoms with van der Waals surface area (Å²) in [5.41, 5.74) is 1.34. The highest BCUT2D eigenvalue weighted by molar-refractivity contribution is 6.13. The Bertz CT molecular complexity index is 748. The maximum absolute atomic E-state index is 14.3. The van der Waals surface area contributed by atoms with Crippen molar-refractivity contribution in [3.8, 4) is 17.2 Å². The predicted molar refractivity (Wildman–Crippen MR) is 85.8 cm³/mol. The van der Waals surface area contributed by atoms with E-state index in [-0.39, 0.29) is 11.3 Å². The first-order valence-electron chi connectivity index (χ1n) is 6.89. The average Bonchev–Trinajstić information content (AvgIpc) is 2.55. The maximum Gasteiger partial charge on any atom is 0.228 e. The smallest absolute Gasteiger partial charge is 0.228 e. The Morgan fingerprint density at radius 1 is 1.13 bits per heavy atom. The fraction of sp³-hybridized carbons (Fsp3) is 0.167. The number of rotatable bonds is 5. The molecule has 2 aromatic rings. The van der Waals surface area contributed by atoms with Crippen molar-refractivity contribution in [3.63, 3.8) is 0 Å². The zero-order valence-electron chi connectivity index (χ0n) is 13.1. The van der Waals surface area contributed by atoms with Gasteiger partial charge < -0.3 is 14.6 Å². The zero-order valence-corrected chi connectivity index (χ0v) is 13.1. The second kappa shape index (κ2) is 6.96. The van der Waals surface area contributed by atoms with Gasteiger partial charge in [0.2, 0.25) is 5.78 Å². The molecule has 4 nitrogen and oxygen atoms in total. The topological polar surface area (TPSA) is 55.8 Å². The van der Waals surface area contributed by atoms with E-state index >= 15 is 0 Å². The number of allylic oxidation sites excluding steroid dienone is 1. The van der Waals surface area contributed by atoms with Gasteiger partial charge in [0, 0.05) is 12.1 Å². The number of phenols is 1. The van der Waals surface area contributed by atoms with Gasteiger partial charge in [-0.1, -0.05) is 29.8 Å². The number of benzene rings is 2. The second-order valence-electron chi connectivity index (χ2n) is 4.96. The van der Waals surface area contributed by atoms with Gasteiger partial charge in [-0.3, -0.25) is 4.79 Å². The van der Waals surface area contributed by atoms with Crippen molar-refractivity contribution < 1.29 is 23.8 Å². The Kier molecular flexibility index (Phi) is 5.01. The van der Waals surface area contributed by atoms with Gasteiger partial charge in [0.15, 0.2) is 5.83 Å². The minimum absolute atomic E-state index is 0.0410. The van der Waals surface area contributed by atoms with Gasteiger partial charge in [-0.05, 0) is 18.6 Å². The van der Waals surface area contributed by atoms with Gasteiger partial charge in [-0.2, -0.15) is 0 Å². The van der Waals surface area contributed by atoms with Crippen molar-refractivity contribution >= 4 is 11.9 Å². The van der Waals surface area contributed by atoms with Crippen molar-refractivity contribution in [3.05, 3.63) is 58.9 Å². The van der Waals surface area contributed by atoms with E-state index in [4.69, 9.17) is 9.47 Å². The van der Waals surface area contributed by atoms with E-state index in [1.165, 1.54) is 26.4 Å². The minimum atomic E-state index is -0.993. The molecule has 2 rings (SSSR count). The number of carbonyl (C=O) groups is 1. The van der Waals surface area contributed by atoms with Gasteiger partial charge >= 0.3 is 0 Å². The van der Waals surface area contributed by atoms with E-state index in [9.17, 15) is 14.3 Å².